The van der Waals surface area contributed by atoms with Gasteiger partial charge in [-0.25, -0.2) is 0 Å². The van der Waals surface area contributed by atoms with Crippen molar-refractivity contribution in [1.29, 1.82) is 0 Å². The number of hydrogen-bond donors (Lipinski definition) is 5. The molecule has 43 heavy (non-hydrogen) atoms. The van der Waals surface area contributed by atoms with Crippen LogP contribution in [0.3, 0.4) is 0 Å². The van der Waals surface area contributed by atoms with Crippen LogP contribution in [0.4, 0.5) is 5.69 Å². The Labute approximate surface area is 249 Å². The zero-order chi connectivity index (χ0) is 31.5. The van der Waals surface area contributed by atoms with Crippen molar-refractivity contribution in [2.75, 3.05) is 18.0 Å². The molecule has 0 spiro atoms. The lowest BCUT2D eigenvalue weighted by atomic mass is 10.0. The maximum absolute atomic E-state index is 13.2. The van der Waals surface area contributed by atoms with Crippen LogP contribution in [-0.4, -0.2) is 65.8 Å². The number of rotatable bonds is 12. The first-order valence-electron chi connectivity index (χ1n) is 13.8. The van der Waals surface area contributed by atoms with Gasteiger partial charge in [-0.1, -0.05) is 56.0 Å². The number of carboxylic acid groups (broad SMARTS) is 1. The van der Waals surface area contributed by atoms with Crippen molar-refractivity contribution < 1.29 is 33.9 Å². The van der Waals surface area contributed by atoms with Gasteiger partial charge >= 0.3 is 5.97 Å². The highest BCUT2D eigenvalue weighted by molar-refractivity contribution is 5.97. The van der Waals surface area contributed by atoms with Crippen molar-refractivity contribution in [2.45, 2.75) is 52.2 Å². The van der Waals surface area contributed by atoms with E-state index in [1.165, 1.54) is 6.92 Å². The van der Waals surface area contributed by atoms with E-state index in [0.29, 0.717) is 17.8 Å². The molecule has 1 aliphatic heterocycles. The van der Waals surface area contributed by atoms with Gasteiger partial charge in [-0.3, -0.25) is 28.8 Å². The fourth-order valence-electron chi connectivity index (χ4n) is 4.20. The van der Waals surface area contributed by atoms with Gasteiger partial charge in [-0.15, -0.1) is 0 Å². The van der Waals surface area contributed by atoms with Crippen LogP contribution in [0.5, 0.6) is 0 Å². The molecule has 0 saturated carbocycles. The van der Waals surface area contributed by atoms with Crippen LogP contribution in [-0.2, 0) is 35.3 Å². The molecule has 3 rings (SSSR count). The Bertz CT molecular complexity index is 1460. The Morgan fingerprint density at radius 2 is 1.40 bits per heavy atom. The quantitative estimate of drug-likeness (QED) is 0.226. The zero-order valence-electron chi connectivity index (χ0n) is 24.2. The third-order valence-corrected chi connectivity index (χ3v) is 6.63. The Kier molecular flexibility index (Phi) is 11.4. The van der Waals surface area contributed by atoms with Gasteiger partial charge in [0, 0.05) is 24.0 Å². The molecule has 1 aliphatic rings. The molecule has 12 nitrogen and oxygen atoms in total. The molecule has 0 aliphatic carbocycles. The first-order chi connectivity index (χ1) is 20.5. The largest absolute Gasteiger partial charge is 0.480 e. The predicted octanol–water partition coefficient (Wildman–Crippen LogP) is 0.676. The summed E-state index contributed by atoms with van der Waals surface area (Å²) in [5, 5.41) is 18.5. The van der Waals surface area contributed by atoms with Crippen LogP contribution >= 0.6 is 0 Å². The normalized spacial score (nSPS) is 13.0. The van der Waals surface area contributed by atoms with Gasteiger partial charge < -0.3 is 31.3 Å². The topological polar surface area (TPSA) is 174 Å². The standard InChI is InChI=1S/C31H35N5O7/c1-19(2)29(30(41)34-20(3)31(42)43)35-27(39)17-33-26(38)16-32-25(37)14-15-28(40)36-18-23-10-5-4-8-21(23)12-13-22-9-6-7-11-24(22)36/h4-11,19-20,29H,14-18H2,1-3H3,(H,32,37)(H,33,38)(H,34,41)(H,35,39)(H,42,43). The highest BCUT2D eigenvalue weighted by Gasteiger charge is 2.27. The monoisotopic (exact) mass is 589 g/mol. The minimum atomic E-state index is -1.22. The van der Waals surface area contributed by atoms with Crippen molar-refractivity contribution in [3.8, 4) is 11.8 Å². The highest BCUT2D eigenvalue weighted by atomic mass is 16.4. The molecule has 2 aromatic carbocycles. The van der Waals surface area contributed by atoms with E-state index < -0.39 is 54.8 Å². The van der Waals surface area contributed by atoms with E-state index in [2.05, 4.69) is 33.1 Å². The number of carboxylic acids is 1. The molecule has 5 amide bonds. The van der Waals surface area contributed by atoms with E-state index in [1.54, 1.807) is 18.7 Å². The second-order valence-electron chi connectivity index (χ2n) is 10.3. The van der Waals surface area contributed by atoms with Gasteiger partial charge in [0.2, 0.25) is 29.5 Å². The summed E-state index contributed by atoms with van der Waals surface area (Å²) in [5.41, 5.74) is 3.06. The summed E-state index contributed by atoms with van der Waals surface area (Å²) < 4.78 is 0. The summed E-state index contributed by atoms with van der Waals surface area (Å²) in [6.45, 7) is 4.07. The number of nitrogens with zero attached hydrogens (tertiary/aromatic N) is 1. The van der Waals surface area contributed by atoms with Crippen LogP contribution in [0, 0.1) is 17.8 Å². The maximum Gasteiger partial charge on any atom is 0.325 e. The predicted molar refractivity (Wildman–Crippen MR) is 157 cm³/mol. The summed E-state index contributed by atoms with van der Waals surface area (Å²) in [6.07, 6.45) is -0.253. The first-order valence-corrected chi connectivity index (χ1v) is 13.8. The Balaban J connectivity index is 1.47. The zero-order valence-corrected chi connectivity index (χ0v) is 24.2. The molecule has 0 bridgehead atoms. The second-order valence-corrected chi connectivity index (χ2v) is 10.3. The number of aliphatic carboxylic acids is 1. The minimum absolute atomic E-state index is 0.0983. The SMILES string of the molecule is CC(NC(=O)C(NC(=O)CNC(=O)CNC(=O)CCC(=O)N1Cc2ccccc2C#Cc2ccccc21)C(C)C)C(=O)O. The molecule has 0 radical (unpaired) electrons. The summed E-state index contributed by atoms with van der Waals surface area (Å²) in [4.78, 5) is 75.1. The highest BCUT2D eigenvalue weighted by Crippen LogP contribution is 2.26. The number of amides is 5. The summed E-state index contributed by atoms with van der Waals surface area (Å²) in [5.74, 6) is 1.94. The lowest BCUT2D eigenvalue weighted by Crippen LogP contribution is -2.54. The Hall–Kier alpha value is -5.18. The Morgan fingerprint density at radius 1 is 0.791 bits per heavy atom. The van der Waals surface area contributed by atoms with Gasteiger partial charge in [0.05, 0.1) is 25.3 Å². The summed E-state index contributed by atoms with van der Waals surface area (Å²) in [7, 11) is 0. The second kappa shape index (κ2) is 15.2. The molecule has 2 unspecified atom stereocenters. The van der Waals surface area contributed by atoms with Crippen molar-refractivity contribution in [2.24, 2.45) is 5.92 Å². The van der Waals surface area contributed by atoms with Gasteiger partial charge in [-0.05, 0) is 36.6 Å². The van der Waals surface area contributed by atoms with E-state index in [9.17, 15) is 28.8 Å². The molecule has 226 valence electrons. The number of carbonyl (C=O) groups is 6. The van der Waals surface area contributed by atoms with Crippen LogP contribution in [0.2, 0.25) is 0 Å². The molecule has 2 aromatic rings. The van der Waals surface area contributed by atoms with Crippen LogP contribution in [0.15, 0.2) is 48.5 Å². The van der Waals surface area contributed by atoms with Gasteiger partial charge in [-0.2, -0.15) is 0 Å². The van der Waals surface area contributed by atoms with Crippen molar-refractivity contribution in [1.82, 2.24) is 21.3 Å². The number of benzene rings is 2. The molecular weight excluding hydrogens is 554 g/mol. The molecule has 1 heterocycles. The van der Waals surface area contributed by atoms with Crippen molar-refractivity contribution in [3.05, 3.63) is 65.2 Å². The lowest BCUT2D eigenvalue weighted by Gasteiger charge is -2.26. The summed E-state index contributed by atoms with van der Waals surface area (Å²) in [6, 6.07) is 12.7. The fraction of sp³-hybridized carbons (Fsp3) is 0.355. The smallest absolute Gasteiger partial charge is 0.325 e. The third kappa shape index (κ3) is 9.43. The molecule has 0 aromatic heterocycles. The van der Waals surface area contributed by atoms with E-state index in [0.717, 1.165) is 11.1 Å². The average molecular weight is 590 g/mol. The van der Waals surface area contributed by atoms with Gasteiger partial charge in [0.25, 0.3) is 0 Å². The van der Waals surface area contributed by atoms with Crippen LogP contribution in [0.1, 0.15) is 50.3 Å². The van der Waals surface area contributed by atoms with E-state index in [1.807, 2.05) is 48.5 Å². The lowest BCUT2D eigenvalue weighted by molar-refractivity contribution is -0.142. The van der Waals surface area contributed by atoms with E-state index in [4.69, 9.17) is 5.11 Å². The van der Waals surface area contributed by atoms with Gasteiger partial charge in [0.15, 0.2) is 0 Å². The van der Waals surface area contributed by atoms with Crippen LogP contribution in [0.25, 0.3) is 0 Å². The van der Waals surface area contributed by atoms with E-state index >= 15 is 0 Å². The van der Waals surface area contributed by atoms with Crippen LogP contribution < -0.4 is 26.2 Å². The molecular formula is C31H35N5O7. The van der Waals surface area contributed by atoms with Gasteiger partial charge in [0.1, 0.15) is 12.1 Å². The fourth-order valence-corrected chi connectivity index (χ4v) is 4.20. The number of carbonyl (C=O) groups excluding carboxylic acids is 5. The maximum atomic E-state index is 13.2. The molecule has 5 N–H and O–H groups in total. The third-order valence-electron chi connectivity index (χ3n) is 6.63. The molecule has 0 fully saturated rings. The first kappa shape index (κ1) is 32.3. The van der Waals surface area contributed by atoms with E-state index in [-0.39, 0.29) is 24.7 Å². The number of hydrogen-bond acceptors (Lipinski definition) is 6. The van der Waals surface area contributed by atoms with Crippen molar-refractivity contribution >= 4 is 41.2 Å². The molecule has 0 saturated heterocycles. The molecule has 12 heteroatoms. The molecule has 2 atom stereocenters. The number of fused-ring (bicyclic) bond motifs is 2. The number of para-hydroxylation sites is 1. The summed E-state index contributed by atoms with van der Waals surface area (Å²) >= 11 is 0. The van der Waals surface area contributed by atoms with Crippen molar-refractivity contribution in [3.63, 3.8) is 0 Å². The average Bonchev–Trinajstić information content (AvgIpc) is 2.97. The minimum Gasteiger partial charge on any atom is -0.480 e. The number of anilines is 1. The Morgan fingerprint density at radius 3 is 2.09 bits per heavy atom. The number of nitrogens with one attached hydrogen (secondary N) is 4.